The molecule has 0 unspecified atom stereocenters. The van der Waals surface area contributed by atoms with E-state index in [4.69, 9.17) is 0 Å². The van der Waals surface area contributed by atoms with Crippen LogP contribution in [0.25, 0.3) is 0 Å². The number of anilines is 1. The number of carboxylic acids is 1. The van der Waals surface area contributed by atoms with Crippen LogP contribution < -0.4 is 4.90 Å². The van der Waals surface area contributed by atoms with Crippen molar-refractivity contribution in [3.05, 3.63) is 51.7 Å². The summed E-state index contributed by atoms with van der Waals surface area (Å²) in [6.45, 7) is 1.92. The van der Waals surface area contributed by atoms with Crippen molar-refractivity contribution in [3.8, 4) is 0 Å². The van der Waals surface area contributed by atoms with Crippen molar-refractivity contribution < 1.29 is 14.7 Å². The van der Waals surface area contributed by atoms with E-state index in [1.54, 1.807) is 12.1 Å². The van der Waals surface area contributed by atoms with Gasteiger partial charge in [0.2, 0.25) is 0 Å². The summed E-state index contributed by atoms with van der Waals surface area (Å²) in [7, 11) is 0. The van der Waals surface area contributed by atoms with Gasteiger partial charge in [-0.2, -0.15) is 0 Å². The Kier molecular flexibility index (Phi) is 3.06. The monoisotopic (exact) mass is 287 g/mol. The minimum atomic E-state index is -0.970. The van der Waals surface area contributed by atoms with Gasteiger partial charge in [0, 0.05) is 17.0 Å². The summed E-state index contributed by atoms with van der Waals surface area (Å²) in [5.41, 5.74) is 1.61. The topological polar surface area (TPSA) is 57.6 Å². The van der Waals surface area contributed by atoms with Crippen molar-refractivity contribution >= 4 is 28.9 Å². The molecule has 5 heteroatoms. The number of hydrogen-bond donors (Lipinski definition) is 1. The molecular weight excluding hydrogens is 274 g/mol. The van der Waals surface area contributed by atoms with E-state index in [0.29, 0.717) is 17.0 Å². The molecule has 1 amide bonds. The molecule has 3 rings (SSSR count). The van der Waals surface area contributed by atoms with E-state index in [1.807, 2.05) is 31.2 Å². The molecule has 0 fully saturated rings. The van der Waals surface area contributed by atoms with Crippen LogP contribution >= 0.6 is 11.3 Å². The molecule has 0 saturated heterocycles. The van der Waals surface area contributed by atoms with Gasteiger partial charge >= 0.3 is 5.97 Å². The Morgan fingerprint density at radius 1 is 1.25 bits per heavy atom. The summed E-state index contributed by atoms with van der Waals surface area (Å²) in [6, 6.07) is 10.2. The highest BCUT2D eigenvalue weighted by atomic mass is 32.1. The minimum absolute atomic E-state index is 0.236. The zero-order valence-corrected chi connectivity index (χ0v) is 11.7. The van der Waals surface area contributed by atoms with Crippen LogP contribution in [0.3, 0.4) is 0 Å². The molecule has 2 aromatic rings. The Hall–Kier alpha value is -2.14. The molecule has 2 heterocycles. The van der Waals surface area contributed by atoms with Crippen LogP contribution in [0.4, 0.5) is 5.69 Å². The van der Waals surface area contributed by atoms with E-state index in [2.05, 4.69) is 0 Å². The maximum absolute atomic E-state index is 12.6. The summed E-state index contributed by atoms with van der Waals surface area (Å²) in [5.74, 6) is -1.21. The fourth-order valence-corrected chi connectivity index (χ4v) is 3.31. The smallest absolute Gasteiger partial charge is 0.327 e. The number of thiophene rings is 1. The number of fused-ring (bicyclic) bond motifs is 1. The molecule has 4 nitrogen and oxygen atoms in total. The molecule has 1 atom stereocenters. The second-order valence-corrected chi connectivity index (χ2v) is 6.06. The van der Waals surface area contributed by atoms with Gasteiger partial charge in [0.25, 0.3) is 5.91 Å². The normalized spacial score (nSPS) is 17.1. The molecule has 102 valence electrons. The first-order chi connectivity index (χ1) is 9.58. The number of aryl methyl sites for hydroxylation is 1. The second kappa shape index (κ2) is 4.76. The SMILES string of the molecule is Cc1ccc(C(=O)N2c3ccccc3C[C@H]2C(=O)O)s1. The summed E-state index contributed by atoms with van der Waals surface area (Å²) in [6.07, 6.45) is 0.363. The predicted octanol–water partition coefficient (Wildman–Crippen LogP) is 2.71. The average Bonchev–Trinajstić information content (AvgIpc) is 3.01. The van der Waals surface area contributed by atoms with Gasteiger partial charge in [-0.15, -0.1) is 11.3 Å². The number of aliphatic carboxylic acids is 1. The zero-order chi connectivity index (χ0) is 14.3. The quantitative estimate of drug-likeness (QED) is 0.924. The Labute approximate surface area is 120 Å². The number of carboxylic acid groups (broad SMARTS) is 1. The minimum Gasteiger partial charge on any atom is -0.480 e. The number of carbonyl (C=O) groups excluding carboxylic acids is 1. The zero-order valence-electron chi connectivity index (χ0n) is 10.9. The number of carbonyl (C=O) groups is 2. The second-order valence-electron chi connectivity index (χ2n) is 4.77. The van der Waals surface area contributed by atoms with E-state index >= 15 is 0 Å². The number of nitrogens with zero attached hydrogens (tertiary/aromatic N) is 1. The molecule has 1 aliphatic rings. The molecule has 1 aromatic carbocycles. The van der Waals surface area contributed by atoms with Gasteiger partial charge in [0.15, 0.2) is 0 Å². The van der Waals surface area contributed by atoms with Crippen LogP contribution in [0, 0.1) is 6.92 Å². The van der Waals surface area contributed by atoms with E-state index in [0.717, 1.165) is 10.4 Å². The van der Waals surface area contributed by atoms with Crippen molar-refractivity contribution in [1.29, 1.82) is 0 Å². The third-order valence-electron chi connectivity index (χ3n) is 3.43. The summed E-state index contributed by atoms with van der Waals surface area (Å²) < 4.78 is 0. The summed E-state index contributed by atoms with van der Waals surface area (Å²) in [4.78, 5) is 27.1. The molecule has 0 bridgehead atoms. The van der Waals surface area contributed by atoms with Gasteiger partial charge in [-0.3, -0.25) is 9.69 Å². The Balaban J connectivity index is 2.04. The Morgan fingerprint density at radius 2 is 2.00 bits per heavy atom. The standard InChI is InChI=1S/C15H13NO3S/c1-9-6-7-13(20-9)14(17)16-11-5-3-2-4-10(11)8-12(16)15(18)19/h2-7,12H,8H2,1H3,(H,18,19)/t12-/m0/s1. The van der Waals surface area contributed by atoms with Crippen molar-refractivity contribution in [1.82, 2.24) is 0 Å². The van der Waals surface area contributed by atoms with Gasteiger partial charge in [-0.1, -0.05) is 18.2 Å². The molecule has 1 aliphatic heterocycles. The van der Waals surface area contributed by atoms with Crippen molar-refractivity contribution in [2.24, 2.45) is 0 Å². The number of rotatable bonds is 2. The number of para-hydroxylation sites is 1. The predicted molar refractivity (Wildman–Crippen MR) is 77.4 cm³/mol. The highest BCUT2D eigenvalue weighted by molar-refractivity contribution is 7.14. The molecule has 0 spiro atoms. The first-order valence-electron chi connectivity index (χ1n) is 6.28. The summed E-state index contributed by atoms with van der Waals surface area (Å²) in [5, 5.41) is 9.37. The fourth-order valence-electron chi connectivity index (χ4n) is 2.50. The fraction of sp³-hybridized carbons (Fsp3) is 0.200. The molecule has 0 saturated carbocycles. The van der Waals surface area contributed by atoms with Gasteiger partial charge in [0.05, 0.1) is 4.88 Å². The summed E-state index contributed by atoms with van der Waals surface area (Å²) >= 11 is 1.39. The lowest BCUT2D eigenvalue weighted by Gasteiger charge is -2.21. The van der Waals surface area contributed by atoms with Gasteiger partial charge in [0.1, 0.15) is 6.04 Å². The third-order valence-corrected chi connectivity index (χ3v) is 4.42. The number of hydrogen-bond acceptors (Lipinski definition) is 3. The van der Waals surface area contributed by atoms with E-state index in [-0.39, 0.29) is 5.91 Å². The van der Waals surface area contributed by atoms with Crippen LogP contribution in [0.2, 0.25) is 0 Å². The van der Waals surface area contributed by atoms with Gasteiger partial charge in [-0.05, 0) is 30.7 Å². The molecule has 1 N–H and O–H groups in total. The largest absolute Gasteiger partial charge is 0.480 e. The van der Waals surface area contributed by atoms with Crippen molar-refractivity contribution in [2.75, 3.05) is 4.90 Å². The van der Waals surface area contributed by atoms with Crippen molar-refractivity contribution in [3.63, 3.8) is 0 Å². The molecule has 20 heavy (non-hydrogen) atoms. The highest BCUT2D eigenvalue weighted by Gasteiger charge is 2.38. The number of amides is 1. The van der Waals surface area contributed by atoms with Crippen LogP contribution in [0.1, 0.15) is 20.1 Å². The van der Waals surface area contributed by atoms with Gasteiger partial charge in [-0.25, -0.2) is 4.79 Å². The molecule has 1 aromatic heterocycles. The van der Waals surface area contributed by atoms with Crippen LogP contribution in [-0.2, 0) is 11.2 Å². The first kappa shape index (κ1) is 12.9. The lowest BCUT2D eigenvalue weighted by Crippen LogP contribution is -2.42. The molecule has 0 radical (unpaired) electrons. The van der Waals surface area contributed by atoms with Crippen LogP contribution in [0.15, 0.2) is 36.4 Å². The first-order valence-corrected chi connectivity index (χ1v) is 7.10. The lowest BCUT2D eigenvalue weighted by atomic mass is 10.1. The van der Waals surface area contributed by atoms with E-state index < -0.39 is 12.0 Å². The van der Waals surface area contributed by atoms with Crippen LogP contribution in [0.5, 0.6) is 0 Å². The maximum Gasteiger partial charge on any atom is 0.327 e. The van der Waals surface area contributed by atoms with E-state index in [1.165, 1.54) is 16.2 Å². The molecular formula is C15H13NO3S. The van der Waals surface area contributed by atoms with E-state index in [9.17, 15) is 14.7 Å². The highest BCUT2D eigenvalue weighted by Crippen LogP contribution is 2.34. The Bertz CT molecular complexity index is 692. The molecule has 0 aliphatic carbocycles. The van der Waals surface area contributed by atoms with Gasteiger partial charge < -0.3 is 5.11 Å². The third kappa shape index (κ3) is 2.00. The van der Waals surface area contributed by atoms with Crippen LogP contribution in [-0.4, -0.2) is 23.0 Å². The lowest BCUT2D eigenvalue weighted by molar-refractivity contribution is -0.138. The number of benzene rings is 1. The maximum atomic E-state index is 12.6. The Morgan fingerprint density at radius 3 is 2.65 bits per heavy atom. The average molecular weight is 287 g/mol. The van der Waals surface area contributed by atoms with Crippen molar-refractivity contribution in [2.45, 2.75) is 19.4 Å².